The van der Waals surface area contributed by atoms with Gasteiger partial charge in [-0.05, 0) is 13.8 Å². The summed E-state index contributed by atoms with van der Waals surface area (Å²) in [5.74, 6) is 0. The van der Waals surface area contributed by atoms with E-state index >= 15 is 0 Å². The van der Waals surface area contributed by atoms with E-state index in [1.165, 1.54) is 0 Å². The van der Waals surface area contributed by atoms with E-state index in [2.05, 4.69) is 9.47 Å². The highest BCUT2D eigenvalue weighted by molar-refractivity contribution is 5.59. The lowest BCUT2D eigenvalue weighted by atomic mass is 10.8. The van der Waals surface area contributed by atoms with Crippen LogP contribution in [0.3, 0.4) is 0 Å². The van der Waals surface area contributed by atoms with Crippen molar-refractivity contribution in [2.24, 2.45) is 0 Å². The molecule has 0 aliphatic carbocycles. The number of carbonyl (C=O) groups is 1. The molecule has 0 rings (SSSR count). The van der Waals surface area contributed by atoms with Crippen molar-refractivity contribution in [1.82, 2.24) is 6.15 Å². The molecule has 0 radical (unpaired) electrons. The van der Waals surface area contributed by atoms with Crippen LogP contribution in [0.2, 0.25) is 0 Å². The SMILES string of the molecule is CCOC(=O)OCC.N. The van der Waals surface area contributed by atoms with Crippen molar-refractivity contribution in [3.8, 4) is 0 Å². The molecule has 0 saturated carbocycles. The van der Waals surface area contributed by atoms with Crippen LogP contribution in [0.25, 0.3) is 0 Å². The van der Waals surface area contributed by atoms with E-state index in [-0.39, 0.29) is 6.15 Å². The fourth-order valence-corrected chi connectivity index (χ4v) is 0.277. The maximum absolute atomic E-state index is 10.2. The number of ether oxygens (including phenoxy) is 2. The third kappa shape index (κ3) is 7.23. The summed E-state index contributed by atoms with van der Waals surface area (Å²) in [5, 5.41) is 0. The Morgan fingerprint density at radius 2 is 1.56 bits per heavy atom. The van der Waals surface area contributed by atoms with Gasteiger partial charge in [0.05, 0.1) is 13.2 Å². The second-order valence-corrected chi connectivity index (χ2v) is 1.12. The van der Waals surface area contributed by atoms with Crippen molar-refractivity contribution < 1.29 is 14.3 Å². The average molecular weight is 135 g/mol. The minimum atomic E-state index is -0.588. The Morgan fingerprint density at radius 1 is 1.22 bits per heavy atom. The molecule has 3 N–H and O–H groups in total. The van der Waals surface area contributed by atoms with Gasteiger partial charge in [-0.2, -0.15) is 0 Å². The number of carbonyl (C=O) groups excluding carboxylic acids is 1. The highest BCUT2D eigenvalue weighted by Crippen LogP contribution is 1.81. The number of hydrogen-bond acceptors (Lipinski definition) is 4. The Labute approximate surface area is 54.7 Å². The maximum Gasteiger partial charge on any atom is 0.508 e. The van der Waals surface area contributed by atoms with Crippen LogP contribution in [-0.2, 0) is 9.47 Å². The second-order valence-electron chi connectivity index (χ2n) is 1.12. The van der Waals surface area contributed by atoms with Crippen LogP contribution in [0.4, 0.5) is 4.79 Å². The first-order valence-electron chi connectivity index (χ1n) is 2.60. The maximum atomic E-state index is 10.2. The summed E-state index contributed by atoms with van der Waals surface area (Å²) in [4.78, 5) is 10.2. The predicted octanol–water partition coefficient (Wildman–Crippen LogP) is 1.34. The van der Waals surface area contributed by atoms with Gasteiger partial charge in [0, 0.05) is 0 Å². The van der Waals surface area contributed by atoms with Gasteiger partial charge in [0.25, 0.3) is 0 Å². The van der Waals surface area contributed by atoms with E-state index in [0.29, 0.717) is 13.2 Å². The van der Waals surface area contributed by atoms with Crippen LogP contribution in [0.5, 0.6) is 0 Å². The fraction of sp³-hybridized carbons (Fsp3) is 0.800. The molecule has 0 aromatic heterocycles. The summed E-state index contributed by atoms with van der Waals surface area (Å²) in [7, 11) is 0. The Balaban J connectivity index is 0. The van der Waals surface area contributed by atoms with Crippen molar-refractivity contribution in [3.05, 3.63) is 0 Å². The van der Waals surface area contributed by atoms with Crippen molar-refractivity contribution in [3.63, 3.8) is 0 Å². The zero-order valence-corrected chi connectivity index (χ0v) is 5.85. The molecule has 4 nitrogen and oxygen atoms in total. The first-order chi connectivity index (χ1) is 3.81. The predicted molar refractivity (Wildman–Crippen MR) is 33.7 cm³/mol. The molecule has 9 heavy (non-hydrogen) atoms. The first-order valence-corrected chi connectivity index (χ1v) is 2.60. The van der Waals surface area contributed by atoms with Crippen LogP contribution in [-0.4, -0.2) is 19.4 Å². The minimum Gasteiger partial charge on any atom is -0.435 e. The zero-order chi connectivity index (χ0) is 6.41. The molecule has 0 aliphatic rings. The quantitative estimate of drug-likeness (QED) is 0.580. The summed E-state index contributed by atoms with van der Waals surface area (Å²) in [5.41, 5.74) is 0. The average Bonchev–Trinajstić information content (AvgIpc) is 1.68. The Bertz CT molecular complexity index is 66.6. The smallest absolute Gasteiger partial charge is 0.435 e. The highest BCUT2D eigenvalue weighted by atomic mass is 16.7. The molecule has 0 spiro atoms. The van der Waals surface area contributed by atoms with Crippen LogP contribution in [0.1, 0.15) is 13.8 Å². The standard InChI is InChI=1S/C5H10O3.H3N/c1-3-7-5(6)8-4-2;/h3-4H2,1-2H3;1H3. The second kappa shape index (κ2) is 7.23. The molecule has 56 valence electrons. The lowest BCUT2D eigenvalue weighted by Crippen LogP contribution is -2.05. The largest absolute Gasteiger partial charge is 0.508 e. The monoisotopic (exact) mass is 135 g/mol. The Hall–Kier alpha value is -0.770. The molecule has 0 aliphatic heterocycles. The molecule has 0 heterocycles. The minimum absolute atomic E-state index is 0. The molecule has 0 unspecified atom stereocenters. The molecule has 0 atom stereocenters. The summed E-state index contributed by atoms with van der Waals surface area (Å²) in [6, 6.07) is 0. The highest BCUT2D eigenvalue weighted by Gasteiger charge is 1.96. The van der Waals surface area contributed by atoms with Crippen molar-refractivity contribution in [2.45, 2.75) is 13.8 Å². The van der Waals surface area contributed by atoms with Gasteiger partial charge in [-0.3, -0.25) is 0 Å². The normalized spacial score (nSPS) is 7.33. The van der Waals surface area contributed by atoms with Crippen LogP contribution in [0, 0.1) is 0 Å². The van der Waals surface area contributed by atoms with E-state index in [9.17, 15) is 4.79 Å². The lowest BCUT2D eigenvalue weighted by molar-refractivity contribution is 0.0630. The van der Waals surface area contributed by atoms with Gasteiger partial charge < -0.3 is 15.6 Å². The summed E-state index contributed by atoms with van der Waals surface area (Å²) < 4.78 is 8.84. The third-order valence-electron chi connectivity index (χ3n) is 0.524. The van der Waals surface area contributed by atoms with Crippen molar-refractivity contribution >= 4 is 6.16 Å². The Morgan fingerprint density at radius 3 is 1.78 bits per heavy atom. The molecule has 0 aromatic rings. The molecule has 0 amide bonds. The zero-order valence-electron chi connectivity index (χ0n) is 5.85. The molecule has 0 saturated heterocycles. The summed E-state index contributed by atoms with van der Waals surface area (Å²) in [6.45, 7) is 4.21. The van der Waals surface area contributed by atoms with Crippen molar-refractivity contribution in [2.75, 3.05) is 13.2 Å². The molecule has 0 fully saturated rings. The van der Waals surface area contributed by atoms with Gasteiger partial charge in [-0.1, -0.05) is 0 Å². The third-order valence-corrected chi connectivity index (χ3v) is 0.524. The van der Waals surface area contributed by atoms with E-state index in [0.717, 1.165) is 0 Å². The first kappa shape index (κ1) is 11.1. The lowest BCUT2D eigenvalue weighted by Gasteiger charge is -1.98. The summed E-state index contributed by atoms with van der Waals surface area (Å²) >= 11 is 0. The fourth-order valence-electron chi connectivity index (χ4n) is 0.277. The number of rotatable bonds is 2. The topological polar surface area (TPSA) is 70.5 Å². The van der Waals surface area contributed by atoms with Gasteiger partial charge in [0.15, 0.2) is 0 Å². The van der Waals surface area contributed by atoms with Crippen LogP contribution >= 0.6 is 0 Å². The van der Waals surface area contributed by atoms with Crippen LogP contribution < -0.4 is 6.15 Å². The molecular weight excluding hydrogens is 122 g/mol. The van der Waals surface area contributed by atoms with Gasteiger partial charge >= 0.3 is 6.16 Å². The van der Waals surface area contributed by atoms with Gasteiger partial charge in [-0.25, -0.2) is 4.79 Å². The van der Waals surface area contributed by atoms with E-state index in [4.69, 9.17) is 0 Å². The van der Waals surface area contributed by atoms with Crippen LogP contribution in [0.15, 0.2) is 0 Å². The van der Waals surface area contributed by atoms with E-state index in [1.54, 1.807) is 13.8 Å². The molecular formula is C5H13NO3. The Kier molecular flexibility index (Phi) is 8.90. The van der Waals surface area contributed by atoms with Gasteiger partial charge in [0.2, 0.25) is 0 Å². The van der Waals surface area contributed by atoms with Gasteiger partial charge in [-0.15, -0.1) is 0 Å². The molecule has 0 aromatic carbocycles. The number of hydrogen-bond donors (Lipinski definition) is 1. The molecule has 4 heteroatoms. The van der Waals surface area contributed by atoms with E-state index < -0.39 is 6.16 Å². The van der Waals surface area contributed by atoms with Crippen molar-refractivity contribution in [1.29, 1.82) is 0 Å². The van der Waals surface area contributed by atoms with E-state index in [1.807, 2.05) is 0 Å². The molecule has 0 bridgehead atoms. The summed E-state index contributed by atoms with van der Waals surface area (Å²) in [6.07, 6.45) is -0.588. The van der Waals surface area contributed by atoms with Gasteiger partial charge in [0.1, 0.15) is 0 Å².